The lowest BCUT2D eigenvalue weighted by Crippen LogP contribution is -2.59. The number of aromatic nitrogens is 1. The van der Waals surface area contributed by atoms with Crippen LogP contribution in [0.25, 0.3) is 0 Å². The van der Waals surface area contributed by atoms with Crippen LogP contribution < -0.4 is 5.32 Å². The van der Waals surface area contributed by atoms with Gasteiger partial charge in [0.2, 0.25) is 11.8 Å². The van der Waals surface area contributed by atoms with Crippen molar-refractivity contribution in [3.05, 3.63) is 16.1 Å². The first kappa shape index (κ1) is 37.1. The number of ether oxygens (including phenoxy) is 2. The Balaban J connectivity index is 2.49. The van der Waals surface area contributed by atoms with Crippen molar-refractivity contribution in [1.82, 2.24) is 20.1 Å². The first-order chi connectivity index (χ1) is 20.7. The Kier molecular flexibility index (Phi) is 14.7. The van der Waals surface area contributed by atoms with Crippen molar-refractivity contribution in [3.63, 3.8) is 0 Å². The number of carbonyl (C=O) groups is 5. The molecule has 0 aromatic carbocycles. The Labute approximate surface area is 264 Å². The summed E-state index contributed by atoms with van der Waals surface area (Å²) < 4.78 is 11.2. The molecule has 248 valence electrons. The molecule has 0 spiro atoms. The molecule has 5 atom stereocenters. The van der Waals surface area contributed by atoms with Crippen LogP contribution in [0.5, 0.6) is 0 Å². The molecule has 0 bridgehead atoms. The van der Waals surface area contributed by atoms with Gasteiger partial charge in [-0.05, 0) is 44.2 Å². The molecule has 2 rings (SSSR count). The highest BCUT2D eigenvalue weighted by atomic mass is 32.1. The average Bonchev–Trinajstić information content (AvgIpc) is 3.44. The molecule has 1 aliphatic heterocycles. The number of nitrogens with zero attached hydrogens (tertiary/aromatic N) is 3. The lowest BCUT2D eigenvalue weighted by molar-refractivity contribution is -0.160. The molecule has 2 N–H and O–H groups in total. The minimum Gasteiger partial charge on any atom is -0.476 e. The molecule has 1 aromatic rings. The van der Waals surface area contributed by atoms with E-state index in [1.165, 1.54) is 17.2 Å². The summed E-state index contributed by atoms with van der Waals surface area (Å²) in [6.45, 7) is 13.1. The number of likely N-dealkylation sites (tertiary alicyclic amines) is 1. The molecule has 0 saturated carbocycles. The largest absolute Gasteiger partial charge is 0.476 e. The minimum atomic E-state index is -1.21. The van der Waals surface area contributed by atoms with Crippen LogP contribution in [0.1, 0.15) is 109 Å². The van der Waals surface area contributed by atoms with Crippen molar-refractivity contribution >= 4 is 41.1 Å². The number of hydrogen-bond donors (Lipinski definition) is 2. The highest BCUT2D eigenvalue weighted by Crippen LogP contribution is 2.31. The number of thiazole rings is 1. The Morgan fingerprint density at radius 3 is 2.36 bits per heavy atom. The summed E-state index contributed by atoms with van der Waals surface area (Å²) in [7, 11) is 1.91. The maximum absolute atomic E-state index is 14.5. The molecule has 12 nitrogen and oxygen atoms in total. The molecule has 0 radical (unpaired) electrons. The van der Waals surface area contributed by atoms with E-state index in [2.05, 4.69) is 10.3 Å². The molecule has 13 heteroatoms. The van der Waals surface area contributed by atoms with E-state index in [0.717, 1.165) is 30.7 Å². The number of aromatic carboxylic acids is 1. The van der Waals surface area contributed by atoms with Crippen LogP contribution in [-0.4, -0.2) is 88.1 Å². The molecular formula is C31H50N4O8S. The molecule has 2 heterocycles. The number of hydrogen-bond acceptors (Lipinski definition) is 10. The number of carboxylic acid groups (broad SMARTS) is 1. The molecule has 0 aliphatic carbocycles. The molecule has 1 aliphatic rings. The van der Waals surface area contributed by atoms with Gasteiger partial charge >= 0.3 is 17.9 Å². The third-order valence-corrected chi connectivity index (χ3v) is 8.96. The van der Waals surface area contributed by atoms with Gasteiger partial charge < -0.3 is 24.8 Å². The van der Waals surface area contributed by atoms with Crippen LogP contribution in [0.3, 0.4) is 0 Å². The van der Waals surface area contributed by atoms with Gasteiger partial charge in [0, 0.05) is 31.2 Å². The van der Waals surface area contributed by atoms with Gasteiger partial charge in [-0.2, -0.15) is 0 Å². The van der Waals surface area contributed by atoms with Crippen molar-refractivity contribution in [2.75, 3.05) is 20.3 Å². The Morgan fingerprint density at radius 1 is 1.16 bits per heavy atom. The number of esters is 2. The number of carboxylic acids is 1. The van der Waals surface area contributed by atoms with Gasteiger partial charge in [0.25, 0.3) is 0 Å². The van der Waals surface area contributed by atoms with Crippen LogP contribution in [-0.2, 0) is 28.7 Å². The van der Waals surface area contributed by atoms with Gasteiger partial charge in [0.15, 0.2) is 18.5 Å². The van der Waals surface area contributed by atoms with E-state index in [-0.39, 0.29) is 60.0 Å². The zero-order chi connectivity index (χ0) is 33.1. The fraction of sp³-hybridized carbons (Fsp3) is 0.742. The number of amides is 2. The van der Waals surface area contributed by atoms with Crippen LogP contribution in [0.4, 0.5) is 0 Å². The summed E-state index contributed by atoms with van der Waals surface area (Å²) in [6.07, 6.45) is 2.53. The van der Waals surface area contributed by atoms with E-state index in [1.54, 1.807) is 0 Å². The van der Waals surface area contributed by atoms with E-state index >= 15 is 0 Å². The SMILES string of the molecule is CCC(C)C(NC(=O)C1CCCCN1C)C(=O)N(COC(=O)CC(C)C)C(CC(OC(C)=O)c1nc(C(=O)O)cs1)C(C)C. The standard InChI is InChI=1S/C31H50N4O8S/c1-9-20(6)27(33-28(38)23-12-10-11-13-34(23)8)30(39)35(17-42-26(37)14-18(2)3)24(19(4)5)15-25(43-21(7)36)29-32-22(16-44-29)31(40)41/h16,18-20,23-25,27H,9-15,17H2,1-8H3,(H,33,38)(H,40,41). The lowest BCUT2D eigenvalue weighted by atomic mass is 9.92. The molecule has 1 saturated heterocycles. The van der Waals surface area contributed by atoms with Crippen LogP contribution in [0.2, 0.25) is 0 Å². The number of nitrogens with one attached hydrogen (secondary N) is 1. The van der Waals surface area contributed by atoms with Gasteiger partial charge in [0.05, 0.1) is 6.04 Å². The van der Waals surface area contributed by atoms with E-state index in [9.17, 15) is 29.1 Å². The molecule has 5 unspecified atom stereocenters. The predicted octanol–water partition coefficient (Wildman–Crippen LogP) is 4.25. The number of carbonyl (C=O) groups excluding carboxylic acids is 4. The van der Waals surface area contributed by atoms with Crippen molar-refractivity contribution in [1.29, 1.82) is 0 Å². The quantitative estimate of drug-likeness (QED) is 0.198. The Hall–Kier alpha value is -3.06. The summed E-state index contributed by atoms with van der Waals surface area (Å²) in [5.74, 6) is -3.28. The Bertz CT molecular complexity index is 1140. The summed E-state index contributed by atoms with van der Waals surface area (Å²) in [4.78, 5) is 71.8. The zero-order valence-corrected chi connectivity index (χ0v) is 28.1. The second-order valence-corrected chi connectivity index (χ2v) is 13.3. The van der Waals surface area contributed by atoms with Crippen molar-refractivity contribution in [2.45, 2.75) is 111 Å². The van der Waals surface area contributed by atoms with Gasteiger partial charge in [0.1, 0.15) is 11.0 Å². The third kappa shape index (κ3) is 10.8. The van der Waals surface area contributed by atoms with E-state index < -0.39 is 42.0 Å². The monoisotopic (exact) mass is 638 g/mol. The third-order valence-electron chi connectivity index (χ3n) is 8.02. The van der Waals surface area contributed by atoms with Gasteiger partial charge in [-0.25, -0.2) is 9.78 Å². The Morgan fingerprint density at radius 2 is 1.84 bits per heavy atom. The smallest absolute Gasteiger partial charge is 0.355 e. The lowest BCUT2D eigenvalue weighted by Gasteiger charge is -2.39. The topological polar surface area (TPSA) is 155 Å². The zero-order valence-electron chi connectivity index (χ0n) is 27.3. The summed E-state index contributed by atoms with van der Waals surface area (Å²) in [5, 5.41) is 14.1. The van der Waals surface area contributed by atoms with Crippen LogP contribution >= 0.6 is 11.3 Å². The van der Waals surface area contributed by atoms with E-state index in [4.69, 9.17) is 9.47 Å². The summed E-state index contributed by atoms with van der Waals surface area (Å²) in [5.41, 5.74) is -0.175. The van der Waals surface area contributed by atoms with Crippen LogP contribution in [0, 0.1) is 17.8 Å². The van der Waals surface area contributed by atoms with E-state index in [0.29, 0.717) is 12.8 Å². The normalized spacial score (nSPS) is 18.3. The maximum Gasteiger partial charge on any atom is 0.355 e. The highest BCUT2D eigenvalue weighted by molar-refractivity contribution is 7.09. The highest BCUT2D eigenvalue weighted by Gasteiger charge is 2.39. The van der Waals surface area contributed by atoms with Gasteiger partial charge in [-0.15, -0.1) is 11.3 Å². The van der Waals surface area contributed by atoms with E-state index in [1.807, 2.05) is 53.5 Å². The number of piperidine rings is 1. The minimum absolute atomic E-state index is 0.0499. The van der Waals surface area contributed by atoms with Crippen molar-refractivity contribution in [2.24, 2.45) is 17.8 Å². The number of likely N-dealkylation sites (N-methyl/N-ethyl adjacent to an activating group) is 1. The second kappa shape index (κ2) is 17.4. The maximum atomic E-state index is 14.5. The molecule has 1 fully saturated rings. The summed E-state index contributed by atoms with van der Waals surface area (Å²) >= 11 is 1.05. The van der Waals surface area contributed by atoms with Crippen LogP contribution in [0.15, 0.2) is 5.38 Å². The first-order valence-corrected chi connectivity index (χ1v) is 16.4. The predicted molar refractivity (Wildman–Crippen MR) is 166 cm³/mol. The first-order valence-electron chi connectivity index (χ1n) is 15.5. The number of rotatable bonds is 16. The fourth-order valence-corrected chi connectivity index (χ4v) is 6.12. The molecule has 1 aromatic heterocycles. The van der Waals surface area contributed by atoms with Gasteiger partial charge in [-0.3, -0.25) is 24.1 Å². The van der Waals surface area contributed by atoms with Gasteiger partial charge in [-0.1, -0.05) is 54.4 Å². The fourth-order valence-electron chi connectivity index (χ4n) is 5.29. The summed E-state index contributed by atoms with van der Waals surface area (Å²) in [6, 6.07) is -1.86. The van der Waals surface area contributed by atoms with Crippen molar-refractivity contribution < 1.29 is 38.6 Å². The molecular weight excluding hydrogens is 588 g/mol. The molecule has 2 amide bonds. The van der Waals surface area contributed by atoms with Crippen molar-refractivity contribution in [3.8, 4) is 0 Å². The average molecular weight is 639 g/mol. The second-order valence-electron chi connectivity index (χ2n) is 12.4. The molecule has 44 heavy (non-hydrogen) atoms.